The largest absolute Gasteiger partial charge is 0.413 e. The summed E-state index contributed by atoms with van der Waals surface area (Å²) in [6.45, 7) is 1.98. The Hall–Kier alpha value is -0.643. The van der Waals surface area contributed by atoms with Crippen molar-refractivity contribution in [1.82, 2.24) is 0 Å². The quantitative estimate of drug-likeness (QED) is 0.683. The van der Waals surface area contributed by atoms with Gasteiger partial charge in [0, 0.05) is 5.54 Å². The Morgan fingerprint density at radius 2 is 1.83 bits per heavy atom. The van der Waals surface area contributed by atoms with Crippen molar-refractivity contribution in [3.63, 3.8) is 0 Å². The molecule has 0 amide bonds. The van der Waals surface area contributed by atoms with E-state index in [4.69, 9.17) is 9.59 Å². The summed E-state index contributed by atoms with van der Waals surface area (Å²) in [6, 6.07) is 9.67. The fourth-order valence-electron chi connectivity index (χ4n) is 1.32. The standard InChI is InChI=1S/C9H14O2Si/c1-2-9(12(10)11)8-6-4-3-5-7-8/h3-7,9-12H,2H2,1H3. The van der Waals surface area contributed by atoms with Gasteiger partial charge < -0.3 is 9.59 Å². The van der Waals surface area contributed by atoms with E-state index in [1.165, 1.54) is 0 Å². The number of benzene rings is 1. The second kappa shape index (κ2) is 4.40. The van der Waals surface area contributed by atoms with E-state index in [-0.39, 0.29) is 5.54 Å². The highest BCUT2D eigenvalue weighted by Gasteiger charge is 2.18. The fraction of sp³-hybridized carbons (Fsp3) is 0.333. The minimum atomic E-state index is -2.51. The van der Waals surface area contributed by atoms with Gasteiger partial charge in [0.15, 0.2) is 0 Å². The van der Waals surface area contributed by atoms with Crippen LogP contribution in [-0.4, -0.2) is 18.9 Å². The number of hydrogen-bond donors (Lipinski definition) is 2. The van der Waals surface area contributed by atoms with Crippen LogP contribution in [0.4, 0.5) is 0 Å². The molecule has 0 bridgehead atoms. The van der Waals surface area contributed by atoms with Gasteiger partial charge in [0.1, 0.15) is 0 Å². The van der Waals surface area contributed by atoms with E-state index in [0.717, 1.165) is 12.0 Å². The molecule has 2 nitrogen and oxygen atoms in total. The summed E-state index contributed by atoms with van der Waals surface area (Å²) in [5, 5.41) is 0. The minimum Gasteiger partial charge on any atom is -0.413 e. The molecule has 0 aliphatic carbocycles. The van der Waals surface area contributed by atoms with E-state index in [1.54, 1.807) is 0 Å². The van der Waals surface area contributed by atoms with Gasteiger partial charge in [-0.1, -0.05) is 37.3 Å². The van der Waals surface area contributed by atoms with Crippen molar-refractivity contribution in [2.24, 2.45) is 0 Å². The van der Waals surface area contributed by atoms with Gasteiger partial charge in [-0.15, -0.1) is 0 Å². The van der Waals surface area contributed by atoms with Crippen LogP contribution >= 0.6 is 0 Å². The Morgan fingerprint density at radius 3 is 2.25 bits per heavy atom. The van der Waals surface area contributed by atoms with Crippen LogP contribution in [0.2, 0.25) is 0 Å². The zero-order valence-corrected chi connectivity index (χ0v) is 8.30. The normalized spacial score (nSPS) is 13.3. The third kappa shape index (κ3) is 2.17. The van der Waals surface area contributed by atoms with Crippen molar-refractivity contribution in [3.8, 4) is 0 Å². The molecule has 0 saturated carbocycles. The van der Waals surface area contributed by atoms with Gasteiger partial charge in [0.25, 0.3) is 0 Å². The second-order valence-corrected chi connectivity index (χ2v) is 4.47. The molecule has 0 aromatic heterocycles. The first-order valence-corrected chi connectivity index (χ1v) is 5.86. The van der Waals surface area contributed by atoms with Crippen molar-refractivity contribution in [2.75, 3.05) is 0 Å². The van der Waals surface area contributed by atoms with Crippen LogP contribution in [0.3, 0.4) is 0 Å². The highest BCUT2D eigenvalue weighted by Crippen LogP contribution is 2.19. The van der Waals surface area contributed by atoms with E-state index < -0.39 is 9.28 Å². The van der Waals surface area contributed by atoms with E-state index in [2.05, 4.69) is 0 Å². The Balaban J connectivity index is 2.80. The van der Waals surface area contributed by atoms with E-state index in [0.29, 0.717) is 0 Å². The fourth-order valence-corrected chi connectivity index (χ4v) is 2.31. The summed E-state index contributed by atoms with van der Waals surface area (Å²) in [4.78, 5) is 18.3. The predicted molar refractivity (Wildman–Crippen MR) is 51.1 cm³/mol. The second-order valence-electron chi connectivity index (χ2n) is 2.84. The Labute approximate surface area is 74.3 Å². The summed E-state index contributed by atoms with van der Waals surface area (Å²) in [5.74, 6) is 0. The molecule has 12 heavy (non-hydrogen) atoms. The van der Waals surface area contributed by atoms with Gasteiger partial charge in [-0.25, -0.2) is 0 Å². The van der Waals surface area contributed by atoms with Crippen LogP contribution in [0, 0.1) is 0 Å². The van der Waals surface area contributed by atoms with Crippen LogP contribution in [-0.2, 0) is 0 Å². The lowest BCUT2D eigenvalue weighted by Crippen LogP contribution is -2.22. The molecule has 1 aromatic rings. The lowest BCUT2D eigenvalue weighted by molar-refractivity contribution is 0.385. The SMILES string of the molecule is CCC(c1ccccc1)[SiH](O)O. The maximum atomic E-state index is 9.16. The molecule has 1 rings (SSSR count). The Morgan fingerprint density at radius 1 is 1.25 bits per heavy atom. The zero-order chi connectivity index (χ0) is 8.97. The van der Waals surface area contributed by atoms with Crippen LogP contribution in [0.1, 0.15) is 24.4 Å². The van der Waals surface area contributed by atoms with Crippen LogP contribution in [0.15, 0.2) is 30.3 Å². The zero-order valence-electron chi connectivity index (χ0n) is 7.14. The molecule has 66 valence electrons. The molecule has 0 fully saturated rings. The lowest BCUT2D eigenvalue weighted by Gasteiger charge is -2.14. The first kappa shape index (κ1) is 9.44. The molecular formula is C9H14O2Si. The molecule has 0 radical (unpaired) electrons. The summed E-state index contributed by atoms with van der Waals surface area (Å²) in [6.07, 6.45) is 0.800. The van der Waals surface area contributed by atoms with Crippen LogP contribution in [0.25, 0.3) is 0 Å². The molecule has 0 spiro atoms. The highest BCUT2D eigenvalue weighted by atomic mass is 28.3. The van der Waals surface area contributed by atoms with E-state index in [1.807, 2.05) is 37.3 Å². The molecule has 3 heteroatoms. The monoisotopic (exact) mass is 182 g/mol. The maximum absolute atomic E-state index is 9.16. The Kier molecular flexibility index (Phi) is 3.46. The van der Waals surface area contributed by atoms with Gasteiger partial charge in [-0.3, -0.25) is 0 Å². The maximum Gasteiger partial charge on any atom is 0.323 e. The number of rotatable bonds is 3. The molecule has 1 atom stereocenters. The average molecular weight is 182 g/mol. The summed E-state index contributed by atoms with van der Waals surface area (Å²) in [5.41, 5.74) is 1.02. The van der Waals surface area contributed by atoms with Crippen LogP contribution in [0.5, 0.6) is 0 Å². The molecule has 0 heterocycles. The highest BCUT2D eigenvalue weighted by molar-refractivity contribution is 6.43. The van der Waals surface area contributed by atoms with Gasteiger partial charge in [-0.05, 0) is 12.0 Å². The summed E-state index contributed by atoms with van der Waals surface area (Å²) in [7, 11) is -2.51. The molecule has 1 unspecified atom stereocenters. The predicted octanol–water partition coefficient (Wildman–Crippen LogP) is 0.924. The average Bonchev–Trinajstić information content (AvgIpc) is 2.07. The lowest BCUT2D eigenvalue weighted by atomic mass is 10.1. The first-order valence-electron chi connectivity index (χ1n) is 4.16. The summed E-state index contributed by atoms with van der Waals surface area (Å²) >= 11 is 0. The van der Waals surface area contributed by atoms with Gasteiger partial charge in [0.05, 0.1) is 0 Å². The molecule has 0 aliphatic rings. The van der Waals surface area contributed by atoms with E-state index >= 15 is 0 Å². The molecule has 2 N–H and O–H groups in total. The van der Waals surface area contributed by atoms with Gasteiger partial charge in [-0.2, -0.15) is 0 Å². The third-order valence-corrected chi connectivity index (χ3v) is 3.60. The smallest absolute Gasteiger partial charge is 0.323 e. The third-order valence-electron chi connectivity index (χ3n) is 2.03. The van der Waals surface area contributed by atoms with Crippen molar-refractivity contribution in [3.05, 3.63) is 35.9 Å². The van der Waals surface area contributed by atoms with E-state index in [9.17, 15) is 0 Å². The van der Waals surface area contributed by atoms with Gasteiger partial charge in [0.2, 0.25) is 0 Å². The van der Waals surface area contributed by atoms with Gasteiger partial charge >= 0.3 is 9.28 Å². The Bertz CT molecular complexity index is 223. The van der Waals surface area contributed by atoms with Crippen molar-refractivity contribution < 1.29 is 9.59 Å². The number of hydrogen-bond acceptors (Lipinski definition) is 2. The van der Waals surface area contributed by atoms with Crippen molar-refractivity contribution in [1.29, 1.82) is 0 Å². The van der Waals surface area contributed by atoms with Crippen LogP contribution < -0.4 is 0 Å². The topological polar surface area (TPSA) is 40.5 Å². The first-order chi connectivity index (χ1) is 5.75. The molecule has 0 aliphatic heterocycles. The summed E-state index contributed by atoms with van der Waals surface area (Å²) < 4.78 is 0. The van der Waals surface area contributed by atoms with Crippen molar-refractivity contribution >= 4 is 9.28 Å². The molecule has 0 saturated heterocycles. The van der Waals surface area contributed by atoms with Crippen molar-refractivity contribution in [2.45, 2.75) is 18.9 Å². The molecular weight excluding hydrogens is 168 g/mol. The minimum absolute atomic E-state index is 0.0220. The molecule has 1 aromatic carbocycles.